The molecule has 1 aromatic heterocycles. The van der Waals surface area contributed by atoms with Crippen LogP contribution in [-0.2, 0) is 16.1 Å². The maximum absolute atomic E-state index is 12.7. The summed E-state index contributed by atoms with van der Waals surface area (Å²) in [4.78, 5) is 22.6. The van der Waals surface area contributed by atoms with Crippen LogP contribution in [0.2, 0.25) is 0 Å². The maximum atomic E-state index is 12.7. The van der Waals surface area contributed by atoms with E-state index < -0.39 is 5.97 Å². The Morgan fingerprint density at radius 3 is 2.38 bits per heavy atom. The number of hydrogen-bond donors (Lipinski definition) is 2. The molecule has 21 heavy (non-hydrogen) atoms. The van der Waals surface area contributed by atoms with Crippen molar-refractivity contribution in [2.24, 2.45) is 0 Å². The number of nitrogens with two attached hydrogens (primary N) is 2. The summed E-state index contributed by atoms with van der Waals surface area (Å²) in [6.45, 7) is -0.177. The topological polar surface area (TPSA) is 117 Å². The van der Waals surface area contributed by atoms with Gasteiger partial charge < -0.3 is 16.2 Å². The molecule has 108 valence electrons. The van der Waals surface area contributed by atoms with E-state index in [0.717, 1.165) is 0 Å². The highest BCUT2D eigenvalue weighted by Crippen LogP contribution is 2.05. The van der Waals surface area contributed by atoms with Gasteiger partial charge >= 0.3 is 5.97 Å². The Bertz CT molecular complexity index is 653. The SMILES string of the molecule is Nc1nc(N)nc(COC(=O)/C=C/c2ccc(F)cc2)n1. The van der Waals surface area contributed by atoms with Crippen LogP contribution >= 0.6 is 0 Å². The predicted molar refractivity (Wildman–Crippen MR) is 73.9 cm³/mol. The van der Waals surface area contributed by atoms with Crippen LogP contribution in [0, 0.1) is 5.82 Å². The number of aromatic nitrogens is 3. The first-order chi connectivity index (χ1) is 10.0. The van der Waals surface area contributed by atoms with Crippen LogP contribution in [0.3, 0.4) is 0 Å². The Morgan fingerprint density at radius 1 is 1.14 bits per heavy atom. The molecule has 0 saturated heterocycles. The van der Waals surface area contributed by atoms with E-state index in [1.54, 1.807) is 0 Å². The second-order valence-corrected chi connectivity index (χ2v) is 3.96. The van der Waals surface area contributed by atoms with Gasteiger partial charge in [-0.2, -0.15) is 15.0 Å². The molecule has 0 atom stereocenters. The molecule has 0 aliphatic carbocycles. The molecule has 2 rings (SSSR count). The second-order valence-electron chi connectivity index (χ2n) is 3.96. The summed E-state index contributed by atoms with van der Waals surface area (Å²) >= 11 is 0. The number of halogens is 1. The van der Waals surface area contributed by atoms with Crippen LogP contribution in [0.15, 0.2) is 30.3 Å². The molecule has 0 spiro atoms. The fraction of sp³-hybridized carbons (Fsp3) is 0.0769. The molecule has 4 N–H and O–H groups in total. The average Bonchev–Trinajstić information content (AvgIpc) is 2.43. The van der Waals surface area contributed by atoms with E-state index in [2.05, 4.69) is 15.0 Å². The number of anilines is 2. The van der Waals surface area contributed by atoms with Gasteiger partial charge in [-0.25, -0.2) is 9.18 Å². The van der Waals surface area contributed by atoms with Crippen molar-refractivity contribution >= 4 is 23.9 Å². The van der Waals surface area contributed by atoms with Crippen LogP contribution in [0.1, 0.15) is 11.4 Å². The molecular weight excluding hydrogens is 277 g/mol. The first kappa shape index (κ1) is 14.4. The van der Waals surface area contributed by atoms with E-state index in [4.69, 9.17) is 16.2 Å². The molecule has 0 fully saturated rings. The maximum Gasteiger partial charge on any atom is 0.331 e. The summed E-state index contributed by atoms with van der Waals surface area (Å²) < 4.78 is 17.6. The highest BCUT2D eigenvalue weighted by Gasteiger charge is 2.04. The van der Waals surface area contributed by atoms with E-state index in [1.807, 2.05) is 0 Å². The van der Waals surface area contributed by atoms with E-state index in [9.17, 15) is 9.18 Å². The smallest absolute Gasteiger partial charge is 0.331 e. The largest absolute Gasteiger partial charge is 0.454 e. The van der Waals surface area contributed by atoms with E-state index in [1.165, 1.54) is 36.4 Å². The number of nitrogens with zero attached hydrogens (tertiary/aromatic N) is 3. The van der Waals surface area contributed by atoms with Gasteiger partial charge in [0, 0.05) is 6.08 Å². The first-order valence-corrected chi connectivity index (χ1v) is 5.89. The minimum Gasteiger partial charge on any atom is -0.454 e. The number of ether oxygens (including phenoxy) is 1. The predicted octanol–water partition coefficient (Wildman–Crippen LogP) is 0.932. The third-order valence-electron chi connectivity index (χ3n) is 2.34. The van der Waals surface area contributed by atoms with Crippen LogP contribution in [0.25, 0.3) is 6.08 Å². The monoisotopic (exact) mass is 289 g/mol. The lowest BCUT2D eigenvalue weighted by molar-refractivity contribution is -0.139. The number of hydrogen-bond acceptors (Lipinski definition) is 7. The van der Waals surface area contributed by atoms with Crippen LogP contribution in [0.5, 0.6) is 0 Å². The van der Waals surface area contributed by atoms with Crippen molar-refractivity contribution in [3.05, 3.63) is 47.5 Å². The zero-order chi connectivity index (χ0) is 15.2. The van der Waals surface area contributed by atoms with Crippen molar-refractivity contribution in [1.82, 2.24) is 15.0 Å². The van der Waals surface area contributed by atoms with Crippen LogP contribution in [-0.4, -0.2) is 20.9 Å². The van der Waals surface area contributed by atoms with E-state index in [-0.39, 0.29) is 30.1 Å². The van der Waals surface area contributed by atoms with Gasteiger partial charge in [-0.15, -0.1) is 0 Å². The Hall–Kier alpha value is -3.03. The van der Waals surface area contributed by atoms with Crippen LogP contribution in [0.4, 0.5) is 16.3 Å². The number of nitrogen functional groups attached to an aromatic ring is 2. The Labute approximate surface area is 119 Å². The normalized spacial score (nSPS) is 10.7. The molecule has 0 amide bonds. The summed E-state index contributed by atoms with van der Waals surface area (Å²) in [6, 6.07) is 5.65. The quantitative estimate of drug-likeness (QED) is 0.635. The van der Waals surface area contributed by atoms with Crippen molar-refractivity contribution in [3.8, 4) is 0 Å². The minimum absolute atomic E-state index is 0.0459. The van der Waals surface area contributed by atoms with Gasteiger partial charge in [0.25, 0.3) is 0 Å². The van der Waals surface area contributed by atoms with Crippen molar-refractivity contribution in [2.75, 3.05) is 11.5 Å². The van der Waals surface area contributed by atoms with Crippen molar-refractivity contribution < 1.29 is 13.9 Å². The lowest BCUT2D eigenvalue weighted by Crippen LogP contribution is -2.09. The fourth-order valence-electron chi connectivity index (χ4n) is 1.44. The van der Waals surface area contributed by atoms with E-state index in [0.29, 0.717) is 5.56 Å². The molecule has 1 heterocycles. The summed E-state index contributed by atoms with van der Waals surface area (Å²) in [5.41, 5.74) is 11.4. The van der Waals surface area contributed by atoms with Gasteiger partial charge in [0.05, 0.1) is 0 Å². The molecule has 7 nitrogen and oxygen atoms in total. The van der Waals surface area contributed by atoms with Crippen molar-refractivity contribution in [2.45, 2.75) is 6.61 Å². The number of rotatable bonds is 4. The summed E-state index contributed by atoms with van der Waals surface area (Å²) in [7, 11) is 0. The highest BCUT2D eigenvalue weighted by atomic mass is 19.1. The van der Waals surface area contributed by atoms with Gasteiger partial charge in [-0.05, 0) is 23.8 Å². The van der Waals surface area contributed by atoms with Gasteiger partial charge in [0.15, 0.2) is 12.4 Å². The average molecular weight is 289 g/mol. The lowest BCUT2D eigenvalue weighted by Gasteiger charge is -2.02. The fourth-order valence-corrected chi connectivity index (χ4v) is 1.44. The van der Waals surface area contributed by atoms with Gasteiger partial charge in [0.1, 0.15) is 5.82 Å². The Kier molecular flexibility index (Phi) is 4.39. The molecule has 0 aliphatic heterocycles. The molecule has 0 unspecified atom stereocenters. The molecule has 0 bridgehead atoms. The van der Waals surface area contributed by atoms with Crippen LogP contribution < -0.4 is 11.5 Å². The van der Waals surface area contributed by atoms with Gasteiger partial charge in [-0.1, -0.05) is 12.1 Å². The molecule has 0 radical (unpaired) electrons. The van der Waals surface area contributed by atoms with Crippen molar-refractivity contribution in [3.63, 3.8) is 0 Å². The Morgan fingerprint density at radius 2 is 1.76 bits per heavy atom. The summed E-state index contributed by atoms with van der Waals surface area (Å²) in [5.74, 6) is -0.883. The zero-order valence-corrected chi connectivity index (χ0v) is 10.9. The standard InChI is InChI=1S/C13H12FN5O2/c14-9-4-1-8(2-5-9)3-6-11(20)21-7-10-17-12(15)19-13(16)18-10/h1-6H,7H2,(H4,15,16,17,18,19)/b6-3+. The third kappa shape index (κ3) is 4.53. The molecule has 1 aromatic carbocycles. The number of benzene rings is 1. The molecule has 2 aromatic rings. The molecule has 0 saturated carbocycles. The van der Waals surface area contributed by atoms with E-state index >= 15 is 0 Å². The number of esters is 1. The Balaban J connectivity index is 1.91. The second kappa shape index (κ2) is 6.42. The minimum atomic E-state index is -0.600. The first-order valence-electron chi connectivity index (χ1n) is 5.89. The number of carbonyl (C=O) groups is 1. The summed E-state index contributed by atoms with van der Waals surface area (Å²) in [6.07, 6.45) is 2.71. The molecule has 0 aliphatic rings. The number of carbonyl (C=O) groups excluding carboxylic acids is 1. The van der Waals surface area contributed by atoms with Crippen molar-refractivity contribution in [1.29, 1.82) is 0 Å². The zero-order valence-electron chi connectivity index (χ0n) is 10.9. The van der Waals surface area contributed by atoms with Gasteiger partial charge in [-0.3, -0.25) is 0 Å². The summed E-state index contributed by atoms with van der Waals surface area (Å²) in [5, 5.41) is 0. The molecule has 8 heteroatoms. The lowest BCUT2D eigenvalue weighted by atomic mass is 10.2. The van der Waals surface area contributed by atoms with Gasteiger partial charge in [0.2, 0.25) is 11.9 Å². The third-order valence-corrected chi connectivity index (χ3v) is 2.34. The highest BCUT2D eigenvalue weighted by molar-refractivity contribution is 5.86. The molecular formula is C13H12FN5O2.